The molecule has 0 saturated carbocycles. The van der Waals surface area contributed by atoms with E-state index in [9.17, 15) is 0 Å². The summed E-state index contributed by atoms with van der Waals surface area (Å²) in [5.41, 5.74) is 10.4. The number of hydrogen-bond donors (Lipinski definition) is 0. The Balaban J connectivity index is 1.50. The van der Waals surface area contributed by atoms with Gasteiger partial charge < -0.3 is 0 Å². The lowest BCUT2D eigenvalue weighted by Crippen LogP contribution is -1.90. The topological polar surface area (TPSA) is 12.9 Å². The number of aromatic nitrogens is 1. The molecule has 0 aliphatic heterocycles. The van der Waals surface area contributed by atoms with Crippen LogP contribution in [0.2, 0.25) is 0 Å². The monoisotopic (exact) mass is 397 g/mol. The average molecular weight is 398 g/mol. The van der Waals surface area contributed by atoms with Crippen LogP contribution in [0.25, 0.3) is 44.6 Å². The van der Waals surface area contributed by atoms with Gasteiger partial charge in [-0.2, -0.15) is 0 Å². The van der Waals surface area contributed by atoms with Crippen molar-refractivity contribution in [1.29, 1.82) is 0 Å². The second-order valence-corrected chi connectivity index (χ2v) is 7.77. The Hall–Kier alpha value is -3.97. The molecule has 0 atom stereocenters. The Kier molecular flexibility index (Phi) is 5.16. The van der Waals surface area contributed by atoms with E-state index in [-0.39, 0.29) is 0 Å². The fraction of sp³-hybridized carbons (Fsp3) is 0.0333. The molecule has 0 bridgehead atoms. The zero-order valence-electron chi connectivity index (χ0n) is 17.5. The van der Waals surface area contributed by atoms with Gasteiger partial charge >= 0.3 is 0 Å². The number of benzene rings is 4. The Morgan fingerprint density at radius 1 is 0.387 bits per heavy atom. The quantitative estimate of drug-likeness (QED) is 0.299. The van der Waals surface area contributed by atoms with E-state index in [2.05, 4.69) is 122 Å². The molecule has 0 aliphatic carbocycles. The third-order valence-electron chi connectivity index (χ3n) is 5.54. The predicted molar refractivity (Wildman–Crippen MR) is 131 cm³/mol. The number of nitrogens with zero attached hydrogens (tertiary/aromatic N) is 1. The highest BCUT2D eigenvalue weighted by atomic mass is 14.7. The molecular weight excluding hydrogens is 374 g/mol. The fourth-order valence-electron chi connectivity index (χ4n) is 3.96. The maximum atomic E-state index is 4.81. The smallest absolute Gasteiger partial charge is 0.0711 e. The summed E-state index contributed by atoms with van der Waals surface area (Å²) in [6.07, 6.45) is 0. The van der Waals surface area contributed by atoms with Crippen molar-refractivity contribution in [3.63, 3.8) is 0 Å². The summed E-state index contributed by atoms with van der Waals surface area (Å²) in [6.45, 7) is 2.06. The van der Waals surface area contributed by atoms with Crippen LogP contribution in [0.5, 0.6) is 0 Å². The minimum atomic E-state index is 1.000. The molecule has 0 amide bonds. The Morgan fingerprint density at radius 2 is 0.871 bits per heavy atom. The average Bonchev–Trinajstić information content (AvgIpc) is 2.85. The summed E-state index contributed by atoms with van der Waals surface area (Å²) in [5.74, 6) is 0. The Labute approximate surface area is 183 Å². The zero-order chi connectivity index (χ0) is 21.0. The number of rotatable bonds is 4. The predicted octanol–water partition coefficient (Wildman–Crippen LogP) is 8.06. The van der Waals surface area contributed by atoms with Crippen molar-refractivity contribution in [2.75, 3.05) is 0 Å². The molecule has 4 aromatic carbocycles. The van der Waals surface area contributed by atoms with Crippen LogP contribution in [-0.4, -0.2) is 4.98 Å². The molecule has 0 aliphatic rings. The summed E-state index contributed by atoms with van der Waals surface area (Å²) in [7, 11) is 0. The maximum absolute atomic E-state index is 4.81. The normalized spacial score (nSPS) is 10.7. The summed E-state index contributed by atoms with van der Waals surface area (Å²) in [4.78, 5) is 4.81. The highest BCUT2D eigenvalue weighted by molar-refractivity contribution is 5.76. The molecule has 0 radical (unpaired) electrons. The molecule has 1 aromatic heterocycles. The Morgan fingerprint density at radius 3 is 1.52 bits per heavy atom. The highest BCUT2D eigenvalue weighted by Crippen LogP contribution is 2.30. The molecule has 1 nitrogen and oxygen atoms in total. The number of pyridine rings is 1. The third-order valence-corrected chi connectivity index (χ3v) is 5.54. The van der Waals surface area contributed by atoms with Gasteiger partial charge in [0, 0.05) is 11.3 Å². The van der Waals surface area contributed by atoms with Gasteiger partial charge in [-0.05, 0) is 58.5 Å². The first-order chi connectivity index (χ1) is 15.3. The number of hydrogen-bond acceptors (Lipinski definition) is 1. The molecule has 0 N–H and O–H groups in total. The van der Waals surface area contributed by atoms with Crippen LogP contribution < -0.4 is 0 Å². The van der Waals surface area contributed by atoms with Gasteiger partial charge in [-0.3, -0.25) is 4.98 Å². The first kappa shape index (κ1) is 19.0. The molecule has 148 valence electrons. The van der Waals surface area contributed by atoms with Crippen LogP contribution in [0.4, 0.5) is 0 Å². The van der Waals surface area contributed by atoms with E-state index in [0.717, 1.165) is 17.0 Å². The summed E-state index contributed by atoms with van der Waals surface area (Å²) < 4.78 is 0. The number of aryl methyl sites for hydroxylation is 1. The van der Waals surface area contributed by atoms with E-state index in [1.165, 1.54) is 33.4 Å². The molecule has 0 unspecified atom stereocenters. The molecule has 0 spiro atoms. The van der Waals surface area contributed by atoms with E-state index in [0.29, 0.717) is 0 Å². The summed E-state index contributed by atoms with van der Waals surface area (Å²) >= 11 is 0. The molecular formula is C30H23N. The first-order valence-corrected chi connectivity index (χ1v) is 10.6. The molecule has 31 heavy (non-hydrogen) atoms. The summed E-state index contributed by atoms with van der Waals surface area (Å²) in [6, 6.07) is 42.7. The molecule has 1 heterocycles. The van der Waals surface area contributed by atoms with Crippen LogP contribution in [-0.2, 0) is 0 Å². The van der Waals surface area contributed by atoms with Gasteiger partial charge in [0.1, 0.15) is 0 Å². The van der Waals surface area contributed by atoms with Crippen molar-refractivity contribution >= 4 is 0 Å². The molecule has 0 fully saturated rings. The van der Waals surface area contributed by atoms with Crippen LogP contribution in [0.1, 0.15) is 5.69 Å². The van der Waals surface area contributed by atoms with E-state index in [1.54, 1.807) is 0 Å². The van der Waals surface area contributed by atoms with Crippen molar-refractivity contribution in [3.05, 3.63) is 127 Å². The van der Waals surface area contributed by atoms with Crippen molar-refractivity contribution in [2.24, 2.45) is 0 Å². The second kappa shape index (κ2) is 8.41. The lowest BCUT2D eigenvalue weighted by atomic mass is 9.97. The SMILES string of the molecule is Cc1cc(-c2cccc(-c3ccccc3)c2)cc(-c2ccc(-c3ccccc3)cc2)n1. The van der Waals surface area contributed by atoms with E-state index < -0.39 is 0 Å². The van der Waals surface area contributed by atoms with Gasteiger partial charge in [-0.15, -0.1) is 0 Å². The molecule has 5 rings (SSSR count). The van der Waals surface area contributed by atoms with Gasteiger partial charge in [0.25, 0.3) is 0 Å². The van der Waals surface area contributed by atoms with Gasteiger partial charge in [-0.25, -0.2) is 0 Å². The lowest BCUT2D eigenvalue weighted by molar-refractivity contribution is 1.21. The van der Waals surface area contributed by atoms with Crippen molar-refractivity contribution in [3.8, 4) is 44.6 Å². The summed E-state index contributed by atoms with van der Waals surface area (Å²) in [5, 5.41) is 0. The molecule has 0 saturated heterocycles. The fourth-order valence-corrected chi connectivity index (χ4v) is 3.96. The van der Waals surface area contributed by atoms with Crippen molar-refractivity contribution in [1.82, 2.24) is 4.98 Å². The van der Waals surface area contributed by atoms with Gasteiger partial charge in [0.15, 0.2) is 0 Å². The minimum Gasteiger partial charge on any atom is -0.253 e. The van der Waals surface area contributed by atoms with Crippen molar-refractivity contribution < 1.29 is 0 Å². The van der Waals surface area contributed by atoms with Crippen LogP contribution >= 0.6 is 0 Å². The third kappa shape index (κ3) is 4.17. The van der Waals surface area contributed by atoms with E-state index in [4.69, 9.17) is 4.98 Å². The minimum absolute atomic E-state index is 1.000. The first-order valence-electron chi connectivity index (χ1n) is 10.6. The van der Waals surface area contributed by atoms with Crippen LogP contribution in [0, 0.1) is 6.92 Å². The van der Waals surface area contributed by atoms with Gasteiger partial charge in [0.2, 0.25) is 0 Å². The lowest BCUT2D eigenvalue weighted by Gasteiger charge is -2.10. The standard InChI is InChI=1S/C30H23N/c1-22-19-29(28-14-8-13-27(20-28)24-11-6-3-7-12-24)21-30(31-22)26-17-15-25(16-18-26)23-9-4-2-5-10-23/h2-21H,1H3. The molecule has 5 aromatic rings. The highest BCUT2D eigenvalue weighted by Gasteiger charge is 2.07. The van der Waals surface area contributed by atoms with E-state index in [1.807, 2.05) is 6.07 Å². The van der Waals surface area contributed by atoms with Crippen LogP contribution in [0.15, 0.2) is 121 Å². The van der Waals surface area contributed by atoms with Crippen molar-refractivity contribution in [2.45, 2.75) is 6.92 Å². The molecule has 1 heteroatoms. The van der Waals surface area contributed by atoms with Gasteiger partial charge in [-0.1, -0.05) is 103 Å². The van der Waals surface area contributed by atoms with Crippen LogP contribution in [0.3, 0.4) is 0 Å². The van der Waals surface area contributed by atoms with E-state index >= 15 is 0 Å². The zero-order valence-corrected chi connectivity index (χ0v) is 17.5. The second-order valence-electron chi connectivity index (χ2n) is 7.77. The maximum Gasteiger partial charge on any atom is 0.0711 e. The Bertz CT molecular complexity index is 1300. The van der Waals surface area contributed by atoms with Gasteiger partial charge in [0.05, 0.1) is 5.69 Å². The largest absolute Gasteiger partial charge is 0.253 e.